The zero-order valence-corrected chi connectivity index (χ0v) is 23.3. The third-order valence-corrected chi connectivity index (χ3v) is 7.13. The molecular weight excluding hydrogens is 528 g/mol. The Labute approximate surface area is 240 Å². The van der Waals surface area contributed by atoms with E-state index in [1.54, 1.807) is 18.2 Å². The van der Waals surface area contributed by atoms with Gasteiger partial charge in [-0.05, 0) is 54.2 Å². The molecule has 1 aliphatic heterocycles. The predicted molar refractivity (Wildman–Crippen MR) is 157 cm³/mol. The molecule has 1 aliphatic rings. The number of esters is 1. The number of nitrogens with one attached hydrogen (secondary N) is 2. The number of carbonyl (C=O) groups is 3. The summed E-state index contributed by atoms with van der Waals surface area (Å²) in [4.78, 5) is 39.8. The van der Waals surface area contributed by atoms with E-state index in [1.807, 2.05) is 53.4 Å². The maximum Gasteiger partial charge on any atom is 0.306 e. The summed E-state index contributed by atoms with van der Waals surface area (Å²) in [6, 6.07) is 24.5. The Morgan fingerprint density at radius 3 is 2.40 bits per heavy atom. The normalized spacial score (nSPS) is 16.2. The van der Waals surface area contributed by atoms with Crippen molar-refractivity contribution in [3.8, 4) is 11.1 Å². The summed E-state index contributed by atoms with van der Waals surface area (Å²) in [5.74, 6) is -1.14. The van der Waals surface area contributed by atoms with Gasteiger partial charge in [-0.1, -0.05) is 60.7 Å². The minimum absolute atomic E-state index is 0. The summed E-state index contributed by atoms with van der Waals surface area (Å²) in [6.45, 7) is 0.857. The Kier molecular flexibility index (Phi) is 10.8. The number of nitrogen functional groups attached to an aromatic ring is 1. The number of nitrogens with zero attached hydrogens (tertiary/aromatic N) is 1. The molecule has 9 heteroatoms. The van der Waals surface area contributed by atoms with Gasteiger partial charge in [0.05, 0.1) is 19.4 Å². The van der Waals surface area contributed by atoms with Crippen LogP contribution < -0.4 is 11.1 Å². The Balaban J connectivity index is 0.00000441. The van der Waals surface area contributed by atoms with Crippen molar-refractivity contribution >= 4 is 36.0 Å². The minimum atomic E-state index is -0.443. The molecule has 3 aromatic carbocycles. The van der Waals surface area contributed by atoms with Crippen molar-refractivity contribution in [2.24, 2.45) is 11.7 Å². The number of amidine groups is 1. The molecule has 1 saturated heterocycles. The lowest BCUT2D eigenvalue weighted by Crippen LogP contribution is -2.42. The van der Waals surface area contributed by atoms with E-state index in [0.29, 0.717) is 30.6 Å². The molecule has 2 atom stereocenters. The van der Waals surface area contributed by atoms with Crippen molar-refractivity contribution in [1.82, 2.24) is 10.2 Å². The van der Waals surface area contributed by atoms with Gasteiger partial charge in [-0.3, -0.25) is 19.8 Å². The number of hydrogen-bond acceptors (Lipinski definition) is 5. The van der Waals surface area contributed by atoms with Gasteiger partial charge in [0, 0.05) is 30.3 Å². The van der Waals surface area contributed by atoms with E-state index in [-0.39, 0.29) is 42.5 Å². The smallest absolute Gasteiger partial charge is 0.306 e. The first-order chi connectivity index (χ1) is 18.9. The number of rotatable bonds is 11. The van der Waals surface area contributed by atoms with Crippen LogP contribution in [0.1, 0.15) is 40.7 Å². The highest BCUT2D eigenvalue weighted by Crippen LogP contribution is 2.28. The fourth-order valence-corrected chi connectivity index (χ4v) is 5.00. The van der Waals surface area contributed by atoms with E-state index in [0.717, 1.165) is 24.0 Å². The summed E-state index contributed by atoms with van der Waals surface area (Å²) in [5, 5.41) is 10.6. The number of nitrogens with two attached hydrogens (primary N) is 1. The number of aryl methyl sites for hydroxylation is 1. The van der Waals surface area contributed by atoms with Gasteiger partial charge in [-0.15, -0.1) is 12.4 Å². The molecule has 0 radical (unpaired) electrons. The van der Waals surface area contributed by atoms with E-state index < -0.39 is 11.9 Å². The number of likely N-dealkylation sites (tertiary alicyclic amines) is 1. The lowest BCUT2D eigenvalue weighted by Gasteiger charge is -2.25. The molecule has 0 aromatic heterocycles. The average Bonchev–Trinajstić information content (AvgIpc) is 3.25. The van der Waals surface area contributed by atoms with Gasteiger partial charge in [0.2, 0.25) is 5.91 Å². The van der Waals surface area contributed by atoms with Crippen molar-refractivity contribution in [3.63, 3.8) is 0 Å². The fraction of sp³-hybridized carbons (Fsp3) is 0.290. The second-order valence-corrected chi connectivity index (χ2v) is 9.77. The number of benzene rings is 3. The van der Waals surface area contributed by atoms with Crippen molar-refractivity contribution in [2.45, 2.75) is 31.7 Å². The molecule has 0 saturated carbocycles. The molecular formula is C31H35ClN4O4. The molecule has 0 bridgehead atoms. The molecule has 8 nitrogen and oxygen atoms in total. The number of carbonyl (C=O) groups excluding carboxylic acids is 3. The quantitative estimate of drug-likeness (QED) is 0.183. The van der Waals surface area contributed by atoms with E-state index in [9.17, 15) is 14.4 Å². The van der Waals surface area contributed by atoms with E-state index in [2.05, 4.69) is 17.4 Å². The number of amides is 2. The van der Waals surface area contributed by atoms with Crippen LogP contribution in [0, 0.1) is 11.3 Å². The number of methoxy groups -OCH3 is 1. The van der Waals surface area contributed by atoms with E-state index in [4.69, 9.17) is 15.9 Å². The first kappa shape index (κ1) is 30.4. The number of ether oxygens (including phenoxy) is 1. The van der Waals surface area contributed by atoms with Gasteiger partial charge >= 0.3 is 5.97 Å². The maximum absolute atomic E-state index is 13.1. The van der Waals surface area contributed by atoms with Crippen LogP contribution in [-0.2, 0) is 20.7 Å². The monoisotopic (exact) mass is 562 g/mol. The molecule has 4 rings (SSSR count). The van der Waals surface area contributed by atoms with Gasteiger partial charge in [0.1, 0.15) is 5.84 Å². The first-order valence-electron chi connectivity index (χ1n) is 13.1. The molecule has 210 valence electrons. The van der Waals surface area contributed by atoms with Crippen LogP contribution in [0.5, 0.6) is 0 Å². The molecule has 3 aromatic rings. The Bertz CT molecular complexity index is 1330. The Morgan fingerprint density at radius 1 is 1.00 bits per heavy atom. The lowest BCUT2D eigenvalue weighted by molar-refractivity contribution is -0.144. The highest BCUT2D eigenvalue weighted by atomic mass is 35.5. The molecule has 0 aliphatic carbocycles. The molecule has 2 amide bonds. The molecule has 1 heterocycles. The number of hydrogen-bond donors (Lipinski definition) is 3. The van der Waals surface area contributed by atoms with Crippen LogP contribution >= 0.6 is 12.4 Å². The molecule has 1 fully saturated rings. The van der Waals surface area contributed by atoms with Gasteiger partial charge in [0.25, 0.3) is 5.91 Å². The minimum Gasteiger partial charge on any atom is -0.469 e. The van der Waals surface area contributed by atoms with Gasteiger partial charge in [0.15, 0.2) is 0 Å². The van der Waals surface area contributed by atoms with Crippen LogP contribution in [0.4, 0.5) is 0 Å². The summed E-state index contributed by atoms with van der Waals surface area (Å²) in [6.07, 6.45) is 2.16. The Hall–Kier alpha value is -4.17. The molecule has 4 N–H and O–H groups in total. The van der Waals surface area contributed by atoms with Crippen molar-refractivity contribution < 1.29 is 19.1 Å². The highest BCUT2D eigenvalue weighted by molar-refractivity contribution is 5.97. The van der Waals surface area contributed by atoms with Gasteiger partial charge in [-0.25, -0.2) is 0 Å². The average molecular weight is 563 g/mol. The zero-order chi connectivity index (χ0) is 27.8. The first-order valence-corrected chi connectivity index (χ1v) is 13.1. The Morgan fingerprint density at radius 2 is 1.73 bits per heavy atom. The van der Waals surface area contributed by atoms with Crippen LogP contribution in [0.15, 0.2) is 78.9 Å². The lowest BCUT2D eigenvalue weighted by atomic mass is 10.0. The second kappa shape index (κ2) is 14.3. The topological polar surface area (TPSA) is 126 Å². The van der Waals surface area contributed by atoms with Gasteiger partial charge < -0.3 is 20.7 Å². The summed E-state index contributed by atoms with van der Waals surface area (Å²) >= 11 is 0. The van der Waals surface area contributed by atoms with E-state index >= 15 is 0 Å². The molecule has 0 spiro atoms. The number of halogens is 1. The van der Waals surface area contributed by atoms with Crippen LogP contribution in [-0.4, -0.2) is 54.8 Å². The van der Waals surface area contributed by atoms with Crippen LogP contribution in [0.2, 0.25) is 0 Å². The third kappa shape index (κ3) is 7.70. The zero-order valence-electron chi connectivity index (χ0n) is 22.5. The third-order valence-electron chi connectivity index (χ3n) is 7.13. The van der Waals surface area contributed by atoms with E-state index in [1.165, 1.54) is 12.7 Å². The predicted octanol–water partition coefficient (Wildman–Crippen LogP) is 4.20. The summed E-state index contributed by atoms with van der Waals surface area (Å²) in [7, 11) is 1.32. The maximum atomic E-state index is 13.1. The van der Waals surface area contributed by atoms with Gasteiger partial charge in [-0.2, -0.15) is 0 Å². The molecule has 0 unspecified atom stereocenters. The standard InChI is InChI=1S/C31H34N4O4.ClH/c1-39-28(36)19-26-18-27(35(31(26)38)16-6-9-21-7-3-2-4-8-21)20-34-30(37)23-14-12-22(13-15-23)24-10-5-11-25(17-24)29(32)33;/h2-5,7-8,10-15,17,26-27H,6,9,16,18-20H2,1H3,(H3,32,33)(H,34,37);1H/t26-,27-;/m0./s1. The van der Waals surface area contributed by atoms with Crippen LogP contribution in [0.25, 0.3) is 11.1 Å². The van der Waals surface area contributed by atoms with Crippen molar-refractivity contribution in [2.75, 3.05) is 20.2 Å². The highest BCUT2D eigenvalue weighted by Gasteiger charge is 2.40. The SMILES string of the molecule is COC(=O)C[C@@H]1C[C@@H](CNC(=O)c2ccc(-c3cccc(C(=N)N)c3)cc2)N(CCCc2ccccc2)C1=O.Cl. The summed E-state index contributed by atoms with van der Waals surface area (Å²) < 4.78 is 4.79. The van der Waals surface area contributed by atoms with Crippen molar-refractivity contribution in [1.29, 1.82) is 5.41 Å². The summed E-state index contributed by atoms with van der Waals surface area (Å²) in [5.41, 5.74) is 9.77. The molecule has 40 heavy (non-hydrogen) atoms. The second-order valence-electron chi connectivity index (χ2n) is 9.77. The fourth-order valence-electron chi connectivity index (χ4n) is 5.00. The largest absolute Gasteiger partial charge is 0.469 e. The van der Waals surface area contributed by atoms with Crippen LogP contribution in [0.3, 0.4) is 0 Å². The van der Waals surface area contributed by atoms with Crippen molar-refractivity contribution in [3.05, 3.63) is 95.6 Å².